The predicted molar refractivity (Wildman–Crippen MR) is 80.3 cm³/mol. The number of hydrogen-bond acceptors (Lipinski definition) is 5. The topological polar surface area (TPSA) is 79.9 Å². The maximum Gasteiger partial charge on any atom is 0.170 e. The van der Waals surface area contributed by atoms with E-state index in [2.05, 4.69) is 23.7 Å². The lowest BCUT2D eigenvalue weighted by molar-refractivity contribution is 0.309. The van der Waals surface area contributed by atoms with Crippen LogP contribution < -0.4 is 15.8 Å². The van der Waals surface area contributed by atoms with E-state index in [0.717, 1.165) is 18.0 Å². The third-order valence-electron chi connectivity index (χ3n) is 2.54. The van der Waals surface area contributed by atoms with Crippen molar-refractivity contribution >= 4 is 17.6 Å². The quantitative estimate of drug-likeness (QED) is 0.221. The first-order valence-electron chi connectivity index (χ1n) is 6.10. The number of nitrogens with zero attached hydrogens (tertiary/aromatic N) is 1. The largest absolute Gasteiger partial charge is 0.492 e. The maximum atomic E-state index is 8.55. The Hall–Kier alpha value is -1.40. The van der Waals surface area contributed by atoms with Crippen LogP contribution in [0.2, 0.25) is 0 Å². The molecular formula is C13H21N3O2S. The van der Waals surface area contributed by atoms with Crippen molar-refractivity contribution in [1.29, 1.82) is 0 Å². The molecule has 1 unspecified atom stereocenters. The van der Waals surface area contributed by atoms with E-state index in [1.807, 2.05) is 11.8 Å². The van der Waals surface area contributed by atoms with Gasteiger partial charge in [-0.15, -0.1) is 0 Å². The van der Waals surface area contributed by atoms with Crippen LogP contribution in [0.3, 0.4) is 0 Å². The number of oxime groups is 1. The molecule has 4 N–H and O–H groups in total. The van der Waals surface area contributed by atoms with E-state index in [1.54, 1.807) is 24.3 Å². The highest BCUT2D eigenvalue weighted by Gasteiger charge is 2.01. The van der Waals surface area contributed by atoms with Gasteiger partial charge in [0.15, 0.2) is 5.84 Å². The van der Waals surface area contributed by atoms with Gasteiger partial charge in [-0.2, -0.15) is 11.8 Å². The molecule has 19 heavy (non-hydrogen) atoms. The molecule has 0 aliphatic carbocycles. The van der Waals surface area contributed by atoms with Gasteiger partial charge in [-0.1, -0.05) is 5.16 Å². The van der Waals surface area contributed by atoms with Crippen LogP contribution in [0.5, 0.6) is 5.75 Å². The summed E-state index contributed by atoms with van der Waals surface area (Å²) in [7, 11) is 0. The van der Waals surface area contributed by atoms with Crippen molar-refractivity contribution in [3.05, 3.63) is 29.8 Å². The Bertz CT molecular complexity index is 395. The van der Waals surface area contributed by atoms with Crippen molar-refractivity contribution < 1.29 is 9.94 Å². The fourth-order valence-corrected chi connectivity index (χ4v) is 2.18. The molecule has 0 radical (unpaired) electrons. The fraction of sp³-hybridized carbons (Fsp3) is 0.462. The molecule has 0 aromatic heterocycles. The highest BCUT2D eigenvalue weighted by atomic mass is 32.2. The molecule has 106 valence electrons. The summed E-state index contributed by atoms with van der Waals surface area (Å²) < 4.78 is 5.59. The highest BCUT2D eigenvalue weighted by molar-refractivity contribution is 7.98. The lowest BCUT2D eigenvalue weighted by Gasteiger charge is -2.13. The Morgan fingerprint density at radius 1 is 1.47 bits per heavy atom. The van der Waals surface area contributed by atoms with Gasteiger partial charge in [0, 0.05) is 23.9 Å². The van der Waals surface area contributed by atoms with Crippen LogP contribution in [-0.2, 0) is 0 Å². The number of hydrogen-bond donors (Lipinski definition) is 3. The minimum absolute atomic E-state index is 0.0964. The van der Waals surface area contributed by atoms with Crippen molar-refractivity contribution in [1.82, 2.24) is 5.32 Å². The molecular weight excluding hydrogens is 262 g/mol. The number of nitrogens with two attached hydrogens (primary N) is 1. The van der Waals surface area contributed by atoms with Crippen molar-refractivity contribution in [2.75, 3.05) is 25.2 Å². The Morgan fingerprint density at radius 2 is 2.16 bits per heavy atom. The molecule has 1 aromatic carbocycles. The van der Waals surface area contributed by atoms with Gasteiger partial charge in [0.2, 0.25) is 0 Å². The number of amidine groups is 1. The lowest BCUT2D eigenvalue weighted by Crippen LogP contribution is -2.31. The Labute approximate surface area is 118 Å². The third kappa shape index (κ3) is 5.85. The fourth-order valence-electron chi connectivity index (χ4n) is 1.56. The Morgan fingerprint density at radius 3 is 2.74 bits per heavy atom. The average molecular weight is 283 g/mol. The van der Waals surface area contributed by atoms with Crippen LogP contribution in [0.25, 0.3) is 0 Å². The van der Waals surface area contributed by atoms with E-state index in [0.29, 0.717) is 18.2 Å². The molecule has 0 aliphatic rings. The molecule has 0 saturated heterocycles. The van der Waals surface area contributed by atoms with E-state index >= 15 is 0 Å². The summed E-state index contributed by atoms with van der Waals surface area (Å²) in [6.45, 7) is 3.58. The number of rotatable bonds is 8. The zero-order valence-electron chi connectivity index (χ0n) is 11.3. The van der Waals surface area contributed by atoms with E-state index in [9.17, 15) is 0 Å². The predicted octanol–water partition coefficient (Wildman–Crippen LogP) is 1.50. The second-order valence-corrected chi connectivity index (χ2v) is 5.08. The van der Waals surface area contributed by atoms with Crippen LogP contribution in [-0.4, -0.2) is 42.2 Å². The first kappa shape index (κ1) is 15.7. The smallest absolute Gasteiger partial charge is 0.170 e. The van der Waals surface area contributed by atoms with E-state index < -0.39 is 0 Å². The van der Waals surface area contributed by atoms with Crippen molar-refractivity contribution in [3.63, 3.8) is 0 Å². The first-order valence-corrected chi connectivity index (χ1v) is 7.50. The normalized spacial score (nSPS) is 13.3. The summed E-state index contributed by atoms with van der Waals surface area (Å²) in [6, 6.07) is 7.61. The zero-order chi connectivity index (χ0) is 14.1. The molecule has 5 nitrogen and oxygen atoms in total. The van der Waals surface area contributed by atoms with E-state index in [-0.39, 0.29) is 5.84 Å². The Balaban J connectivity index is 2.30. The number of nitrogens with one attached hydrogen (secondary N) is 1. The molecule has 0 saturated carbocycles. The van der Waals surface area contributed by atoms with E-state index in [4.69, 9.17) is 15.7 Å². The van der Waals surface area contributed by atoms with Gasteiger partial charge < -0.3 is 21.0 Å². The molecule has 1 aromatic rings. The zero-order valence-corrected chi connectivity index (χ0v) is 12.1. The van der Waals surface area contributed by atoms with Crippen molar-refractivity contribution in [2.24, 2.45) is 10.9 Å². The summed E-state index contributed by atoms with van der Waals surface area (Å²) in [6.07, 6.45) is 2.09. The van der Waals surface area contributed by atoms with Gasteiger partial charge >= 0.3 is 0 Å². The first-order chi connectivity index (χ1) is 9.17. The van der Waals surface area contributed by atoms with E-state index in [1.165, 1.54) is 0 Å². The molecule has 1 atom stereocenters. The molecule has 0 spiro atoms. The minimum atomic E-state index is 0.0964. The molecule has 1 rings (SSSR count). The SMILES string of the molecule is CSCC(C)NCCOc1ccc(/C(N)=N/O)cc1. The number of thioether (sulfide) groups is 1. The summed E-state index contributed by atoms with van der Waals surface area (Å²) >= 11 is 1.82. The summed E-state index contributed by atoms with van der Waals surface area (Å²) in [4.78, 5) is 0. The van der Waals surface area contributed by atoms with Crippen LogP contribution in [0.1, 0.15) is 12.5 Å². The van der Waals surface area contributed by atoms with Crippen LogP contribution >= 0.6 is 11.8 Å². The van der Waals surface area contributed by atoms with Crippen LogP contribution in [0.4, 0.5) is 0 Å². The van der Waals surface area contributed by atoms with Crippen LogP contribution in [0, 0.1) is 0 Å². The molecule has 0 aliphatic heterocycles. The second kappa shape index (κ2) is 8.66. The molecule has 0 bridgehead atoms. The van der Waals surface area contributed by atoms with Gasteiger partial charge in [-0.3, -0.25) is 0 Å². The van der Waals surface area contributed by atoms with Gasteiger partial charge in [0.05, 0.1) is 0 Å². The minimum Gasteiger partial charge on any atom is -0.492 e. The standard InChI is InChI=1S/C13H21N3O2S/c1-10(9-19-2)15-7-8-18-12-5-3-11(4-6-12)13(14)16-17/h3-6,10,15,17H,7-9H2,1-2H3,(H2,14,16). The second-order valence-electron chi connectivity index (χ2n) is 4.17. The summed E-state index contributed by atoms with van der Waals surface area (Å²) in [5, 5.41) is 14.9. The van der Waals surface area contributed by atoms with Crippen molar-refractivity contribution in [3.8, 4) is 5.75 Å². The monoisotopic (exact) mass is 283 g/mol. The van der Waals surface area contributed by atoms with Gasteiger partial charge in [0.1, 0.15) is 12.4 Å². The molecule has 6 heteroatoms. The van der Waals surface area contributed by atoms with Gasteiger partial charge in [-0.05, 0) is 37.4 Å². The Kier molecular flexibility index (Phi) is 7.14. The van der Waals surface area contributed by atoms with Crippen molar-refractivity contribution in [2.45, 2.75) is 13.0 Å². The summed E-state index contributed by atoms with van der Waals surface area (Å²) in [5.74, 6) is 1.96. The maximum absolute atomic E-state index is 8.55. The van der Waals surface area contributed by atoms with Crippen LogP contribution in [0.15, 0.2) is 29.4 Å². The number of ether oxygens (including phenoxy) is 1. The molecule has 0 heterocycles. The highest BCUT2D eigenvalue weighted by Crippen LogP contribution is 2.11. The lowest BCUT2D eigenvalue weighted by atomic mass is 10.2. The summed E-state index contributed by atoms with van der Waals surface area (Å²) in [5.41, 5.74) is 6.14. The molecule has 0 amide bonds. The molecule has 0 fully saturated rings. The third-order valence-corrected chi connectivity index (χ3v) is 3.37. The van der Waals surface area contributed by atoms with Gasteiger partial charge in [0.25, 0.3) is 0 Å². The number of benzene rings is 1. The average Bonchev–Trinajstić information content (AvgIpc) is 2.44. The van der Waals surface area contributed by atoms with Gasteiger partial charge in [-0.25, -0.2) is 0 Å².